The highest BCUT2D eigenvalue weighted by molar-refractivity contribution is 5.79. The molecule has 0 saturated carbocycles. The number of nitrogens with zero attached hydrogens (tertiary/aromatic N) is 2. The first-order chi connectivity index (χ1) is 5.38. The van der Waals surface area contributed by atoms with Crippen LogP contribution in [0.5, 0.6) is 0 Å². The first-order valence-electron chi connectivity index (χ1n) is 4.14. The van der Waals surface area contributed by atoms with Gasteiger partial charge in [-0.25, -0.2) is 5.84 Å². The number of rotatable bonds is 2. The zero-order chi connectivity index (χ0) is 8.10. The molecule has 0 unspecified atom stereocenters. The van der Waals surface area contributed by atoms with Crippen LogP contribution < -0.4 is 11.3 Å². The third-order valence-corrected chi connectivity index (χ3v) is 1.77. The Labute approximate surface area is 67.4 Å². The fourth-order valence-electron chi connectivity index (χ4n) is 0.983. The van der Waals surface area contributed by atoms with Gasteiger partial charge in [0.1, 0.15) is 0 Å². The SMILES string of the molecule is CCCN=C(NN)N1CCC1. The molecule has 0 aromatic rings. The van der Waals surface area contributed by atoms with Crippen LogP contribution in [0.25, 0.3) is 0 Å². The lowest BCUT2D eigenvalue weighted by molar-refractivity contribution is 0.289. The van der Waals surface area contributed by atoms with E-state index in [1.54, 1.807) is 0 Å². The number of aliphatic imine (C=N–C) groups is 1. The molecule has 4 nitrogen and oxygen atoms in total. The van der Waals surface area contributed by atoms with Gasteiger partial charge in [-0.05, 0) is 12.8 Å². The number of likely N-dealkylation sites (tertiary alicyclic amines) is 1. The molecule has 1 rings (SSSR count). The van der Waals surface area contributed by atoms with Crippen LogP contribution in [0.15, 0.2) is 4.99 Å². The van der Waals surface area contributed by atoms with Crippen molar-refractivity contribution in [2.75, 3.05) is 19.6 Å². The van der Waals surface area contributed by atoms with Gasteiger partial charge < -0.3 is 4.90 Å². The largest absolute Gasteiger partial charge is 0.342 e. The lowest BCUT2D eigenvalue weighted by atomic mass is 10.2. The second kappa shape index (κ2) is 4.18. The van der Waals surface area contributed by atoms with Crippen molar-refractivity contribution in [3.63, 3.8) is 0 Å². The zero-order valence-electron chi connectivity index (χ0n) is 7.01. The average Bonchev–Trinajstić information content (AvgIpc) is 1.93. The number of hydrazine groups is 1. The van der Waals surface area contributed by atoms with Crippen LogP contribution in [0.3, 0.4) is 0 Å². The van der Waals surface area contributed by atoms with Crippen molar-refractivity contribution in [3.8, 4) is 0 Å². The topological polar surface area (TPSA) is 53.6 Å². The zero-order valence-corrected chi connectivity index (χ0v) is 7.01. The average molecular weight is 156 g/mol. The van der Waals surface area contributed by atoms with Crippen LogP contribution in [0.1, 0.15) is 19.8 Å². The Morgan fingerprint density at radius 2 is 2.36 bits per heavy atom. The second-order valence-electron chi connectivity index (χ2n) is 2.69. The first-order valence-corrected chi connectivity index (χ1v) is 4.14. The van der Waals surface area contributed by atoms with Crippen molar-refractivity contribution in [3.05, 3.63) is 0 Å². The van der Waals surface area contributed by atoms with Crippen molar-refractivity contribution in [1.82, 2.24) is 10.3 Å². The van der Waals surface area contributed by atoms with Gasteiger partial charge in [-0.2, -0.15) is 0 Å². The van der Waals surface area contributed by atoms with E-state index in [0.29, 0.717) is 0 Å². The molecule has 0 bridgehead atoms. The van der Waals surface area contributed by atoms with E-state index in [4.69, 9.17) is 5.84 Å². The molecule has 0 radical (unpaired) electrons. The summed E-state index contributed by atoms with van der Waals surface area (Å²) in [6, 6.07) is 0. The fourth-order valence-corrected chi connectivity index (χ4v) is 0.983. The van der Waals surface area contributed by atoms with Crippen LogP contribution in [-0.4, -0.2) is 30.5 Å². The van der Waals surface area contributed by atoms with E-state index in [1.165, 1.54) is 6.42 Å². The van der Waals surface area contributed by atoms with Crippen LogP contribution in [-0.2, 0) is 0 Å². The van der Waals surface area contributed by atoms with E-state index in [1.807, 2.05) is 0 Å². The van der Waals surface area contributed by atoms with E-state index < -0.39 is 0 Å². The molecule has 1 fully saturated rings. The van der Waals surface area contributed by atoms with Crippen LogP contribution >= 0.6 is 0 Å². The quantitative estimate of drug-likeness (QED) is 0.254. The molecule has 0 spiro atoms. The van der Waals surface area contributed by atoms with Crippen molar-refractivity contribution in [2.45, 2.75) is 19.8 Å². The summed E-state index contributed by atoms with van der Waals surface area (Å²) < 4.78 is 0. The molecular weight excluding hydrogens is 140 g/mol. The van der Waals surface area contributed by atoms with E-state index >= 15 is 0 Å². The molecule has 0 atom stereocenters. The standard InChI is InChI=1S/C7H16N4/c1-2-4-9-7(10-8)11-5-3-6-11/h2-6,8H2,1H3,(H,9,10). The Hall–Kier alpha value is -0.770. The van der Waals surface area contributed by atoms with Crippen LogP contribution in [0, 0.1) is 0 Å². The summed E-state index contributed by atoms with van der Waals surface area (Å²) in [6.45, 7) is 5.14. The van der Waals surface area contributed by atoms with Crippen LogP contribution in [0.2, 0.25) is 0 Å². The Balaban J connectivity index is 2.33. The minimum Gasteiger partial charge on any atom is -0.342 e. The number of nitrogens with two attached hydrogens (primary N) is 1. The lowest BCUT2D eigenvalue weighted by Crippen LogP contribution is -2.51. The molecule has 3 N–H and O–H groups in total. The van der Waals surface area contributed by atoms with Gasteiger partial charge in [0.05, 0.1) is 0 Å². The van der Waals surface area contributed by atoms with Crippen LogP contribution in [0.4, 0.5) is 0 Å². The third kappa shape index (κ3) is 2.08. The molecule has 1 aliphatic heterocycles. The number of hydrogen-bond donors (Lipinski definition) is 2. The molecule has 11 heavy (non-hydrogen) atoms. The van der Waals surface area contributed by atoms with E-state index in [2.05, 4.69) is 22.2 Å². The summed E-state index contributed by atoms with van der Waals surface area (Å²) in [5.74, 6) is 6.15. The summed E-state index contributed by atoms with van der Waals surface area (Å²) in [5.41, 5.74) is 2.61. The maximum Gasteiger partial charge on any atom is 0.208 e. The summed E-state index contributed by atoms with van der Waals surface area (Å²) in [6.07, 6.45) is 2.33. The van der Waals surface area contributed by atoms with Gasteiger partial charge in [-0.1, -0.05) is 6.92 Å². The Kier molecular flexibility index (Phi) is 3.16. The monoisotopic (exact) mass is 156 g/mol. The molecule has 0 amide bonds. The Morgan fingerprint density at radius 3 is 2.73 bits per heavy atom. The van der Waals surface area contributed by atoms with Gasteiger partial charge in [-0.15, -0.1) is 0 Å². The molecule has 1 heterocycles. The summed E-state index contributed by atoms with van der Waals surface area (Å²) in [7, 11) is 0. The second-order valence-corrected chi connectivity index (χ2v) is 2.69. The molecule has 4 heteroatoms. The maximum atomic E-state index is 5.30. The summed E-state index contributed by atoms with van der Waals surface area (Å²) in [5, 5.41) is 0. The highest BCUT2D eigenvalue weighted by Gasteiger charge is 2.16. The first kappa shape index (κ1) is 8.33. The molecule has 0 aromatic heterocycles. The van der Waals surface area contributed by atoms with Crippen molar-refractivity contribution in [2.24, 2.45) is 10.8 Å². The third-order valence-electron chi connectivity index (χ3n) is 1.77. The molecular formula is C7H16N4. The van der Waals surface area contributed by atoms with Crippen molar-refractivity contribution in [1.29, 1.82) is 0 Å². The van der Waals surface area contributed by atoms with Gasteiger partial charge in [-0.3, -0.25) is 10.4 Å². The summed E-state index contributed by atoms with van der Waals surface area (Å²) >= 11 is 0. The predicted octanol–water partition coefficient (Wildman–Crippen LogP) is -0.0786. The number of guanidine groups is 1. The van der Waals surface area contributed by atoms with Gasteiger partial charge >= 0.3 is 0 Å². The predicted molar refractivity (Wildman–Crippen MR) is 46.1 cm³/mol. The maximum absolute atomic E-state index is 5.30. The van der Waals surface area contributed by atoms with Crippen molar-refractivity contribution >= 4 is 5.96 Å². The highest BCUT2D eigenvalue weighted by atomic mass is 15.4. The van der Waals surface area contributed by atoms with Gasteiger partial charge in [0, 0.05) is 19.6 Å². The minimum atomic E-state index is 0.845. The molecule has 0 aromatic carbocycles. The Bertz CT molecular complexity index is 139. The normalized spacial score (nSPS) is 18.0. The van der Waals surface area contributed by atoms with Crippen molar-refractivity contribution < 1.29 is 0 Å². The minimum absolute atomic E-state index is 0.845. The molecule has 1 aliphatic rings. The molecule has 1 saturated heterocycles. The highest BCUT2D eigenvalue weighted by Crippen LogP contribution is 2.04. The molecule has 0 aliphatic carbocycles. The summed E-state index contributed by atoms with van der Waals surface area (Å²) in [4.78, 5) is 6.44. The fraction of sp³-hybridized carbons (Fsp3) is 0.857. The van der Waals surface area contributed by atoms with Gasteiger partial charge in [0.25, 0.3) is 0 Å². The van der Waals surface area contributed by atoms with E-state index in [-0.39, 0.29) is 0 Å². The van der Waals surface area contributed by atoms with E-state index in [0.717, 1.165) is 32.0 Å². The smallest absolute Gasteiger partial charge is 0.208 e. The van der Waals surface area contributed by atoms with Gasteiger partial charge in [0.2, 0.25) is 5.96 Å². The lowest BCUT2D eigenvalue weighted by Gasteiger charge is -2.33. The van der Waals surface area contributed by atoms with E-state index in [9.17, 15) is 0 Å². The van der Waals surface area contributed by atoms with Gasteiger partial charge in [0.15, 0.2) is 0 Å². The number of nitrogens with one attached hydrogen (secondary N) is 1. The number of hydrogen-bond acceptors (Lipinski definition) is 2. The Morgan fingerprint density at radius 1 is 1.64 bits per heavy atom. The molecule has 64 valence electrons.